The zero-order valence-electron chi connectivity index (χ0n) is 8.05. The van der Waals surface area contributed by atoms with Crippen molar-refractivity contribution in [2.45, 2.75) is 26.3 Å². The van der Waals surface area contributed by atoms with E-state index in [1.165, 1.54) is 6.42 Å². The summed E-state index contributed by atoms with van der Waals surface area (Å²) in [6.07, 6.45) is 1.18. The molecule has 0 aliphatic rings. The van der Waals surface area contributed by atoms with E-state index in [9.17, 15) is 0 Å². The molecule has 3 nitrogen and oxygen atoms in total. The summed E-state index contributed by atoms with van der Waals surface area (Å²) in [5.41, 5.74) is 0. The Kier molecular flexibility index (Phi) is 6.51. The second kappa shape index (κ2) is 6.58. The van der Waals surface area contributed by atoms with Gasteiger partial charge in [-0.15, -0.1) is 0 Å². The van der Waals surface area contributed by atoms with E-state index in [2.05, 4.69) is 19.2 Å². The van der Waals surface area contributed by atoms with E-state index in [1.54, 1.807) is 7.11 Å². The Morgan fingerprint density at radius 3 is 2.64 bits per heavy atom. The zero-order valence-corrected chi connectivity index (χ0v) is 8.05. The summed E-state index contributed by atoms with van der Waals surface area (Å²) in [5.74, 6) is 0. The maximum absolute atomic E-state index is 4.96. The highest BCUT2D eigenvalue weighted by atomic mass is 16.7. The minimum absolute atomic E-state index is 0.611. The monoisotopic (exact) mass is 160 g/mol. The van der Waals surface area contributed by atoms with Gasteiger partial charge in [-0.1, -0.05) is 6.92 Å². The minimum Gasteiger partial charge on any atom is -0.313 e. The molecule has 1 unspecified atom stereocenters. The van der Waals surface area contributed by atoms with E-state index in [-0.39, 0.29) is 0 Å². The Morgan fingerprint density at radius 2 is 2.18 bits per heavy atom. The average molecular weight is 160 g/mol. The normalized spacial score (nSPS) is 13.9. The summed E-state index contributed by atoms with van der Waals surface area (Å²) >= 11 is 0. The molecule has 3 heteroatoms. The van der Waals surface area contributed by atoms with Crippen molar-refractivity contribution in [3.8, 4) is 0 Å². The molecule has 0 saturated carbocycles. The van der Waals surface area contributed by atoms with E-state index in [0.29, 0.717) is 6.04 Å². The topological polar surface area (TPSA) is 24.5 Å². The molecular weight excluding hydrogens is 140 g/mol. The van der Waals surface area contributed by atoms with Crippen molar-refractivity contribution in [1.82, 2.24) is 10.4 Å². The molecule has 68 valence electrons. The second-order valence-corrected chi connectivity index (χ2v) is 2.80. The van der Waals surface area contributed by atoms with Crippen LogP contribution in [-0.2, 0) is 4.84 Å². The lowest BCUT2D eigenvalue weighted by Crippen LogP contribution is -2.33. The number of nitrogens with one attached hydrogen (secondary N) is 1. The third-order valence-corrected chi connectivity index (χ3v) is 1.84. The van der Waals surface area contributed by atoms with Crippen molar-refractivity contribution in [1.29, 1.82) is 0 Å². The minimum atomic E-state index is 0.611. The van der Waals surface area contributed by atoms with Gasteiger partial charge in [0, 0.05) is 26.2 Å². The van der Waals surface area contributed by atoms with Crippen LogP contribution in [0.25, 0.3) is 0 Å². The SMILES string of the molecule is CCC(C)NCCN(C)OC. The molecule has 0 amide bonds. The van der Waals surface area contributed by atoms with Gasteiger partial charge in [0.1, 0.15) is 0 Å². The van der Waals surface area contributed by atoms with Crippen LogP contribution in [0.15, 0.2) is 0 Å². The Bertz CT molecular complexity index is 78.2. The van der Waals surface area contributed by atoms with Crippen molar-refractivity contribution in [2.24, 2.45) is 0 Å². The van der Waals surface area contributed by atoms with E-state index < -0.39 is 0 Å². The van der Waals surface area contributed by atoms with Crippen LogP contribution in [0.4, 0.5) is 0 Å². The molecule has 0 bridgehead atoms. The number of rotatable bonds is 6. The quantitative estimate of drug-likeness (QED) is 0.583. The average Bonchev–Trinajstić information content (AvgIpc) is 2.04. The van der Waals surface area contributed by atoms with Gasteiger partial charge in [0.15, 0.2) is 0 Å². The maximum atomic E-state index is 4.96. The summed E-state index contributed by atoms with van der Waals surface area (Å²) in [6.45, 7) is 6.28. The molecule has 1 atom stereocenters. The summed E-state index contributed by atoms with van der Waals surface area (Å²) in [6, 6.07) is 0.611. The Morgan fingerprint density at radius 1 is 1.55 bits per heavy atom. The number of nitrogens with zero attached hydrogens (tertiary/aromatic N) is 1. The Balaban J connectivity index is 3.13. The van der Waals surface area contributed by atoms with Crippen molar-refractivity contribution >= 4 is 0 Å². The van der Waals surface area contributed by atoms with Crippen molar-refractivity contribution < 1.29 is 4.84 Å². The highest BCUT2D eigenvalue weighted by Crippen LogP contribution is 1.87. The number of likely N-dealkylation sites (N-methyl/N-ethyl adjacent to an activating group) is 1. The lowest BCUT2D eigenvalue weighted by atomic mass is 10.3. The smallest absolute Gasteiger partial charge is 0.0575 e. The Hall–Kier alpha value is -0.120. The standard InChI is InChI=1S/C8H20N2O/c1-5-8(2)9-6-7-10(3)11-4/h8-9H,5-7H2,1-4H3. The molecule has 0 aromatic carbocycles. The van der Waals surface area contributed by atoms with Crippen LogP contribution in [-0.4, -0.2) is 38.4 Å². The second-order valence-electron chi connectivity index (χ2n) is 2.80. The molecule has 0 heterocycles. The predicted molar refractivity (Wildman–Crippen MR) is 47.4 cm³/mol. The third kappa shape index (κ3) is 6.28. The van der Waals surface area contributed by atoms with Crippen LogP contribution < -0.4 is 5.32 Å². The molecule has 0 spiro atoms. The van der Waals surface area contributed by atoms with Gasteiger partial charge >= 0.3 is 0 Å². The van der Waals surface area contributed by atoms with Gasteiger partial charge in [-0.3, -0.25) is 0 Å². The highest BCUT2D eigenvalue weighted by molar-refractivity contribution is 4.57. The van der Waals surface area contributed by atoms with Crippen LogP contribution >= 0.6 is 0 Å². The van der Waals surface area contributed by atoms with Gasteiger partial charge in [-0.2, -0.15) is 5.06 Å². The van der Waals surface area contributed by atoms with E-state index in [4.69, 9.17) is 4.84 Å². The molecule has 0 aliphatic carbocycles. The van der Waals surface area contributed by atoms with E-state index in [1.807, 2.05) is 12.1 Å². The lowest BCUT2D eigenvalue weighted by Gasteiger charge is -2.16. The Labute approximate surface area is 69.7 Å². The summed E-state index contributed by atoms with van der Waals surface area (Å²) in [5, 5.41) is 5.19. The van der Waals surface area contributed by atoms with Crippen LogP contribution in [0.2, 0.25) is 0 Å². The third-order valence-electron chi connectivity index (χ3n) is 1.84. The summed E-state index contributed by atoms with van der Waals surface area (Å²) < 4.78 is 0. The first-order valence-corrected chi connectivity index (χ1v) is 4.19. The molecule has 11 heavy (non-hydrogen) atoms. The molecule has 0 aromatic heterocycles. The fraction of sp³-hybridized carbons (Fsp3) is 1.00. The van der Waals surface area contributed by atoms with Gasteiger partial charge in [0.05, 0.1) is 7.11 Å². The van der Waals surface area contributed by atoms with E-state index in [0.717, 1.165) is 13.1 Å². The van der Waals surface area contributed by atoms with Crippen LogP contribution in [0.5, 0.6) is 0 Å². The fourth-order valence-corrected chi connectivity index (χ4v) is 0.704. The molecule has 0 aromatic rings. The fourth-order valence-electron chi connectivity index (χ4n) is 0.704. The largest absolute Gasteiger partial charge is 0.313 e. The van der Waals surface area contributed by atoms with Crippen molar-refractivity contribution in [3.63, 3.8) is 0 Å². The first kappa shape index (κ1) is 10.9. The maximum Gasteiger partial charge on any atom is 0.0575 e. The molecule has 0 aliphatic heterocycles. The first-order chi connectivity index (χ1) is 5.20. The van der Waals surface area contributed by atoms with Crippen molar-refractivity contribution in [3.05, 3.63) is 0 Å². The highest BCUT2D eigenvalue weighted by Gasteiger charge is 1.97. The van der Waals surface area contributed by atoms with Gasteiger partial charge in [-0.05, 0) is 13.3 Å². The van der Waals surface area contributed by atoms with Crippen LogP contribution in [0, 0.1) is 0 Å². The molecule has 0 radical (unpaired) electrons. The molecule has 0 rings (SSSR count). The molecule has 0 saturated heterocycles. The van der Waals surface area contributed by atoms with Gasteiger partial charge in [-0.25, -0.2) is 0 Å². The van der Waals surface area contributed by atoms with Gasteiger partial charge in [0.25, 0.3) is 0 Å². The van der Waals surface area contributed by atoms with E-state index >= 15 is 0 Å². The molecular formula is C8H20N2O. The van der Waals surface area contributed by atoms with Crippen LogP contribution in [0.3, 0.4) is 0 Å². The van der Waals surface area contributed by atoms with Crippen LogP contribution in [0.1, 0.15) is 20.3 Å². The number of hydroxylamine groups is 2. The lowest BCUT2D eigenvalue weighted by molar-refractivity contribution is -0.107. The number of hydrogen-bond acceptors (Lipinski definition) is 3. The summed E-state index contributed by atoms with van der Waals surface area (Å²) in [4.78, 5) is 4.96. The predicted octanol–water partition coefficient (Wildman–Crippen LogP) is 0.868. The molecule has 0 fully saturated rings. The first-order valence-electron chi connectivity index (χ1n) is 4.19. The van der Waals surface area contributed by atoms with Gasteiger partial charge in [0.2, 0.25) is 0 Å². The molecule has 1 N–H and O–H groups in total. The number of hydrogen-bond donors (Lipinski definition) is 1. The zero-order chi connectivity index (χ0) is 8.69. The van der Waals surface area contributed by atoms with Crippen molar-refractivity contribution in [2.75, 3.05) is 27.2 Å². The summed E-state index contributed by atoms with van der Waals surface area (Å²) in [7, 11) is 3.61. The van der Waals surface area contributed by atoms with Gasteiger partial charge < -0.3 is 10.2 Å².